The Morgan fingerprint density at radius 1 is 0.943 bits per heavy atom. The number of sulfonamides is 1. The van der Waals surface area contributed by atoms with Crippen molar-refractivity contribution in [2.75, 3.05) is 5.32 Å². The van der Waals surface area contributed by atoms with Crippen molar-refractivity contribution in [1.82, 2.24) is 14.7 Å². The van der Waals surface area contributed by atoms with Crippen molar-refractivity contribution >= 4 is 32.7 Å². The van der Waals surface area contributed by atoms with E-state index in [0.717, 1.165) is 22.2 Å². The van der Waals surface area contributed by atoms with Gasteiger partial charge in [0.25, 0.3) is 0 Å². The highest BCUT2D eigenvalue weighted by Gasteiger charge is 2.28. The first-order chi connectivity index (χ1) is 16.8. The fourth-order valence-corrected chi connectivity index (χ4v) is 5.16. The molecule has 35 heavy (non-hydrogen) atoms. The predicted molar refractivity (Wildman–Crippen MR) is 138 cm³/mol. The lowest BCUT2D eigenvalue weighted by atomic mass is 10.0. The number of para-hydroxylation sites is 2. The molecule has 4 aromatic rings. The molecule has 8 heteroatoms. The van der Waals surface area contributed by atoms with Gasteiger partial charge in [0.15, 0.2) is 0 Å². The molecule has 7 nitrogen and oxygen atoms in total. The second-order valence-electron chi connectivity index (χ2n) is 8.61. The van der Waals surface area contributed by atoms with Crippen LogP contribution in [0.15, 0.2) is 83.9 Å². The van der Waals surface area contributed by atoms with Crippen LogP contribution >= 0.6 is 0 Å². The number of nitrogens with zero attached hydrogens (tertiary/aromatic N) is 2. The van der Waals surface area contributed by atoms with Crippen LogP contribution in [0.1, 0.15) is 26.3 Å². The Hall–Kier alpha value is -3.62. The van der Waals surface area contributed by atoms with Crippen LogP contribution < -0.4 is 10.0 Å². The number of fused-ring (bicyclic) bond motifs is 1. The van der Waals surface area contributed by atoms with E-state index in [-0.39, 0.29) is 10.8 Å². The Balaban J connectivity index is 1.62. The number of carbonyl (C=O) groups is 1. The van der Waals surface area contributed by atoms with E-state index < -0.39 is 22.0 Å². The number of hydrogen-bond donors (Lipinski definition) is 2. The van der Waals surface area contributed by atoms with Gasteiger partial charge < -0.3 is 5.32 Å². The van der Waals surface area contributed by atoms with E-state index in [1.807, 2.05) is 49.4 Å². The Morgan fingerprint density at radius 2 is 1.63 bits per heavy atom. The molecule has 1 amide bonds. The van der Waals surface area contributed by atoms with Crippen LogP contribution in [0.2, 0.25) is 0 Å². The highest BCUT2D eigenvalue weighted by molar-refractivity contribution is 7.89. The molecule has 0 saturated heterocycles. The molecule has 0 aliphatic heterocycles. The van der Waals surface area contributed by atoms with Gasteiger partial charge in [0.05, 0.1) is 27.8 Å². The normalized spacial score (nSPS) is 12.6. The number of aryl methyl sites for hydroxylation is 1. The fourth-order valence-electron chi connectivity index (χ4n) is 3.79. The molecule has 1 aromatic heterocycles. The molecule has 0 fully saturated rings. The van der Waals surface area contributed by atoms with Crippen LogP contribution in [0.4, 0.5) is 5.69 Å². The van der Waals surface area contributed by atoms with Crippen LogP contribution in [-0.4, -0.2) is 30.3 Å². The first-order valence-electron chi connectivity index (χ1n) is 11.5. The third-order valence-corrected chi connectivity index (χ3v) is 7.23. The van der Waals surface area contributed by atoms with Crippen LogP contribution in [-0.2, 0) is 21.2 Å². The minimum Gasteiger partial charge on any atom is -0.324 e. The number of benzene rings is 3. The van der Waals surface area contributed by atoms with Gasteiger partial charge in [-0.15, -0.1) is 0 Å². The summed E-state index contributed by atoms with van der Waals surface area (Å²) in [6.45, 7) is 5.61. The molecular weight excluding hydrogens is 460 g/mol. The zero-order chi connectivity index (χ0) is 25.0. The molecule has 1 atom stereocenters. The maximum absolute atomic E-state index is 13.3. The van der Waals surface area contributed by atoms with E-state index in [4.69, 9.17) is 4.98 Å². The van der Waals surface area contributed by atoms with Crippen LogP contribution in [0.5, 0.6) is 0 Å². The van der Waals surface area contributed by atoms with Crippen molar-refractivity contribution in [2.24, 2.45) is 5.92 Å². The molecule has 0 aliphatic rings. The lowest BCUT2D eigenvalue weighted by Crippen LogP contribution is -2.47. The van der Waals surface area contributed by atoms with Crippen molar-refractivity contribution < 1.29 is 13.2 Å². The summed E-state index contributed by atoms with van der Waals surface area (Å²) < 4.78 is 28.3. The Kier molecular flexibility index (Phi) is 7.23. The lowest BCUT2D eigenvalue weighted by Gasteiger charge is -2.22. The van der Waals surface area contributed by atoms with E-state index in [1.165, 1.54) is 12.1 Å². The van der Waals surface area contributed by atoms with Gasteiger partial charge >= 0.3 is 0 Å². The summed E-state index contributed by atoms with van der Waals surface area (Å²) in [6.07, 6.45) is 2.40. The van der Waals surface area contributed by atoms with Crippen molar-refractivity contribution in [3.63, 3.8) is 0 Å². The molecule has 3 aromatic carbocycles. The third-order valence-electron chi connectivity index (χ3n) is 5.78. The number of amides is 1. The zero-order valence-electron chi connectivity index (χ0n) is 19.9. The molecule has 0 aliphatic carbocycles. The molecule has 0 saturated carbocycles. The van der Waals surface area contributed by atoms with E-state index in [0.29, 0.717) is 17.8 Å². The maximum Gasteiger partial charge on any atom is 0.242 e. The first kappa shape index (κ1) is 24.5. The van der Waals surface area contributed by atoms with Crippen molar-refractivity contribution in [3.8, 4) is 11.3 Å². The van der Waals surface area contributed by atoms with Crippen LogP contribution in [0.25, 0.3) is 22.3 Å². The first-order valence-corrected chi connectivity index (χ1v) is 13.0. The number of nitrogens with one attached hydrogen (secondary N) is 2. The Labute approximate surface area is 205 Å². The second kappa shape index (κ2) is 10.3. The molecule has 1 unspecified atom stereocenters. The quantitative estimate of drug-likeness (QED) is 0.371. The average molecular weight is 489 g/mol. The monoisotopic (exact) mass is 488 g/mol. The van der Waals surface area contributed by atoms with Crippen molar-refractivity contribution in [2.45, 2.75) is 38.1 Å². The molecule has 0 spiro atoms. The number of anilines is 1. The van der Waals surface area contributed by atoms with Crippen LogP contribution in [0, 0.1) is 5.92 Å². The minimum atomic E-state index is -3.86. The number of carbonyl (C=O) groups excluding carboxylic acids is 1. The SMILES string of the molecule is CCc1ccc(-c2cnc3ccccc3n2)cc1NC(=O)C(NS(=O)(=O)c1ccccc1)C(C)C. The van der Waals surface area contributed by atoms with E-state index in [2.05, 4.69) is 15.0 Å². The number of rotatable bonds is 8. The molecule has 2 N–H and O–H groups in total. The van der Waals surface area contributed by atoms with Gasteiger partial charge in [-0.25, -0.2) is 13.4 Å². The summed E-state index contributed by atoms with van der Waals surface area (Å²) >= 11 is 0. The van der Waals surface area contributed by atoms with E-state index >= 15 is 0 Å². The fraction of sp³-hybridized carbons (Fsp3) is 0.222. The largest absolute Gasteiger partial charge is 0.324 e. The molecule has 0 bridgehead atoms. The average Bonchev–Trinajstić information content (AvgIpc) is 2.87. The van der Waals surface area contributed by atoms with Gasteiger partial charge in [-0.05, 0) is 48.2 Å². The highest BCUT2D eigenvalue weighted by Crippen LogP contribution is 2.26. The standard InChI is InChI=1S/C27H28N4O3S/c1-4-19-14-15-20(25-17-28-22-12-8-9-13-23(22)29-25)16-24(19)30-27(32)26(18(2)3)31-35(33,34)21-10-6-5-7-11-21/h5-18,26,31H,4H2,1-3H3,(H,30,32). The highest BCUT2D eigenvalue weighted by atomic mass is 32.2. The van der Waals surface area contributed by atoms with Gasteiger partial charge in [-0.2, -0.15) is 4.72 Å². The molecule has 0 radical (unpaired) electrons. The topological polar surface area (TPSA) is 101 Å². The third kappa shape index (κ3) is 5.55. The lowest BCUT2D eigenvalue weighted by molar-refractivity contribution is -0.118. The second-order valence-corrected chi connectivity index (χ2v) is 10.3. The molecule has 1 heterocycles. The van der Waals surface area contributed by atoms with Crippen molar-refractivity contribution in [1.29, 1.82) is 0 Å². The number of hydrogen-bond acceptors (Lipinski definition) is 5. The van der Waals surface area contributed by atoms with Gasteiger partial charge in [-0.1, -0.05) is 63.2 Å². The molecular formula is C27H28N4O3S. The summed E-state index contributed by atoms with van der Waals surface area (Å²) in [5.41, 5.74) is 4.64. The summed E-state index contributed by atoms with van der Waals surface area (Å²) in [7, 11) is -3.86. The van der Waals surface area contributed by atoms with Crippen LogP contribution in [0.3, 0.4) is 0 Å². The van der Waals surface area contributed by atoms with Crippen molar-refractivity contribution in [3.05, 3.63) is 84.6 Å². The summed E-state index contributed by atoms with van der Waals surface area (Å²) in [6, 6.07) is 20.5. The summed E-state index contributed by atoms with van der Waals surface area (Å²) in [5, 5.41) is 2.95. The zero-order valence-corrected chi connectivity index (χ0v) is 20.7. The Bertz CT molecular complexity index is 1450. The van der Waals surface area contributed by atoms with E-state index in [1.54, 1.807) is 38.2 Å². The smallest absolute Gasteiger partial charge is 0.242 e. The van der Waals surface area contributed by atoms with Gasteiger partial charge in [0, 0.05) is 11.3 Å². The Morgan fingerprint density at radius 3 is 2.31 bits per heavy atom. The van der Waals surface area contributed by atoms with Gasteiger partial charge in [0.2, 0.25) is 15.9 Å². The molecule has 180 valence electrons. The number of aromatic nitrogens is 2. The minimum absolute atomic E-state index is 0.115. The van der Waals surface area contributed by atoms with Gasteiger partial charge in [-0.3, -0.25) is 9.78 Å². The molecule has 4 rings (SSSR count). The summed E-state index contributed by atoms with van der Waals surface area (Å²) in [4.78, 5) is 22.6. The summed E-state index contributed by atoms with van der Waals surface area (Å²) in [5.74, 6) is -0.691. The maximum atomic E-state index is 13.3. The van der Waals surface area contributed by atoms with E-state index in [9.17, 15) is 13.2 Å². The predicted octanol–water partition coefficient (Wildman–Crippen LogP) is 4.80. The van der Waals surface area contributed by atoms with Gasteiger partial charge in [0.1, 0.15) is 6.04 Å².